The Bertz CT molecular complexity index is 1190. The second-order valence-electron chi connectivity index (χ2n) is 8.83. The van der Waals surface area contributed by atoms with Crippen molar-refractivity contribution in [1.29, 1.82) is 0 Å². The first kappa shape index (κ1) is 21.2. The van der Waals surface area contributed by atoms with E-state index in [4.69, 9.17) is 4.42 Å². The van der Waals surface area contributed by atoms with E-state index in [2.05, 4.69) is 25.2 Å². The van der Waals surface area contributed by atoms with Gasteiger partial charge in [-0.05, 0) is 85.2 Å². The minimum absolute atomic E-state index is 0.107. The zero-order chi connectivity index (χ0) is 22.1. The van der Waals surface area contributed by atoms with Crippen LogP contribution >= 0.6 is 0 Å². The molecule has 1 aliphatic heterocycles. The second-order valence-corrected chi connectivity index (χ2v) is 8.83. The summed E-state index contributed by atoms with van der Waals surface area (Å²) in [7, 11) is 0. The number of nitrogens with zero attached hydrogens (tertiary/aromatic N) is 1. The molecule has 0 unspecified atom stereocenters. The van der Waals surface area contributed by atoms with Gasteiger partial charge >= 0.3 is 5.63 Å². The number of likely N-dealkylation sites (tertiary alicyclic amines) is 1. The topological polar surface area (TPSA) is 62.6 Å². The number of anilines is 1. The van der Waals surface area contributed by atoms with Crippen LogP contribution in [0, 0.1) is 13.8 Å². The summed E-state index contributed by atoms with van der Waals surface area (Å²) in [6, 6.07) is 11.4. The van der Waals surface area contributed by atoms with Gasteiger partial charge in [0.2, 0.25) is 0 Å². The molecule has 2 heterocycles. The fourth-order valence-corrected chi connectivity index (χ4v) is 4.45. The summed E-state index contributed by atoms with van der Waals surface area (Å²) in [6.45, 7) is 10.6. The van der Waals surface area contributed by atoms with Crippen LogP contribution in [0.15, 0.2) is 45.6 Å². The zero-order valence-electron chi connectivity index (χ0n) is 18.7. The second kappa shape index (κ2) is 8.58. The number of rotatable bonds is 5. The Hall–Kier alpha value is -3.08. The maximum Gasteiger partial charge on any atom is 0.336 e. The van der Waals surface area contributed by atoms with E-state index in [-0.39, 0.29) is 11.5 Å². The number of amides is 1. The lowest BCUT2D eigenvalue weighted by molar-refractivity contribution is 0.0792. The van der Waals surface area contributed by atoms with Crippen LogP contribution < -0.4 is 10.9 Å². The van der Waals surface area contributed by atoms with E-state index >= 15 is 0 Å². The summed E-state index contributed by atoms with van der Waals surface area (Å²) in [4.78, 5) is 26.7. The van der Waals surface area contributed by atoms with Gasteiger partial charge in [-0.3, -0.25) is 4.79 Å². The predicted molar refractivity (Wildman–Crippen MR) is 125 cm³/mol. The van der Waals surface area contributed by atoms with Crippen molar-refractivity contribution in [3.05, 3.63) is 74.6 Å². The van der Waals surface area contributed by atoms with Gasteiger partial charge in [0.05, 0.1) is 0 Å². The van der Waals surface area contributed by atoms with E-state index in [1.54, 1.807) is 6.07 Å². The molecular weight excluding hydrogens is 388 g/mol. The number of benzene rings is 2. The van der Waals surface area contributed by atoms with E-state index in [1.807, 2.05) is 43.0 Å². The SMILES string of the molecule is Cc1cc(C(=O)N2CCCC2)ccc1NCc1cc(=O)oc2cc(C)c(C(C)C)cc12. The lowest BCUT2D eigenvalue weighted by atomic mass is 9.95. The summed E-state index contributed by atoms with van der Waals surface area (Å²) >= 11 is 0. The first-order chi connectivity index (χ1) is 14.8. The Morgan fingerprint density at radius 1 is 1.06 bits per heavy atom. The van der Waals surface area contributed by atoms with E-state index in [0.29, 0.717) is 18.0 Å². The lowest BCUT2D eigenvalue weighted by Crippen LogP contribution is -2.27. The minimum Gasteiger partial charge on any atom is -0.423 e. The van der Waals surface area contributed by atoms with Crippen molar-refractivity contribution in [3.63, 3.8) is 0 Å². The molecule has 162 valence electrons. The van der Waals surface area contributed by atoms with Crippen molar-refractivity contribution in [2.75, 3.05) is 18.4 Å². The molecule has 1 saturated heterocycles. The molecule has 0 aliphatic carbocycles. The predicted octanol–water partition coefficient (Wildman–Crippen LogP) is 5.38. The highest BCUT2D eigenvalue weighted by atomic mass is 16.4. The Balaban J connectivity index is 1.59. The van der Waals surface area contributed by atoms with Crippen molar-refractivity contribution in [1.82, 2.24) is 4.90 Å². The fourth-order valence-electron chi connectivity index (χ4n) is 4.45. The molecule has 1 aliphatic rings. The van der Waals surface area contributed by atoms with E-state index in [1.165, 1.54) is 5.56 Å². The van der Waals surface area contributed by atoms with Gasteiger partial charge in [-0.2, -0.15) is 0 Å². The average Bonchev–Trinajstić information content (AvgIpc) is 3.26. The summed E-state index contributed by atoms with van der Waals surface area (Å²) in [5, 5.41) is 4.40. The molecule has 1 amide bonds. The van der Waals surface area contributed by atoms with Crippen molar-refractivity contribution < 1.29 is 9.21 Å². The first-order valence-corrected chi connectivity index (χ1v) is 11.0. The van der Waals surface area contributed by atoms with Crippen LogP contribution in [0.3, 0.4) is 0 Å². The van der Waals surface area contributed by atoms with E-state index in [0.717, 1.165) is 59.3 Å². The number of aryl methyl sites for hydroxylation is 2. The molecule has 0 spiro atoms. The quantitative estimate of drug-likeness (QED) is 0.565. The Kier molecular flexibility index (Phi) is 5.86. The number of carbonyl (C=O) groups excluding carboxylic acids is 1. The van der Waals surface area contributed by atoms with Gasteiger partial charge in [0.25, 0.3) is 5.91 Å². The maximum absolute atomic E-state index is 12.6. The molecule has 5 heteroatoms. The van der Waals surface area contributed by atoms with Crippen LogP contribution in [-0.2, 0) is 6.54 Å². The normalized spacial score (nSPS) is 13.9. The van der Waals surface area contributed by atoms with Crippen LogP contribution in [0.1, 0.15) is 65.2 Å². The highest BCUT2D eigenvalue weighted by Gasteiger charge is 2.20. The molecule has 0 saturated carbocycles. The number of hydrogen-bond acceptors (Lipinski definition) is 4. The van der Waals surface area contributed by atoms with Crippen LogP contribution in [-0.4, -0.2) is 23.9 Å². The monoisotopic (exact) mass is 418 g/mol. The van der Waals surface area contributed by atoms with Crippen molar-refractivity contribution in [3.8, 4) is 0 Å². The van der Waals surface area contributed by atoms with Gasteiger partial charge in [-0.1, -0.05) is 13.8 Å². The number of carbonyl (C=O) groups is 1. The lowest BCUT2D eigenvalue weighted by Gasteiger charge is -2.17. The Morgan fingerprint density at radius 2 is 1.81 bits per heavy atom. The molecule has 4 rings (SSSR count). The number of nitrogens with one attached hydrogen (secondary N) is 1. The molecule has 2 aromatic carbocycles. The molecular formula is C26H30N2O3. The highest BCUT2D eigenvalue weighted by molar-refractivity contribution is 5.95. The van der Waals surface area contributed by atoms with Gasteiger partial charge in [-0.25, -0.2) is 4.79 Å². The van der Waals surface area contributed by atoms with E-state index in [9.17, 15) is 9.59 Å². The smallest absolute Gasteiger partial charge is 0.336 e. The van der Waals surface area contributed by atoms with Crippen LogP contribution in [0.25, 0.3) is 11.0 Å². The molecule has 31 heavy (non-hydrogen) atoms. The summed E-state index contributed by atoms with van der Waals surface area (Å²) in [5.74, 6) is 0.496. The fraction of sp³-hybridized carbons (Fsp3) is 0.385. The molecule has 0 radical (unpaired) electrons. The van der Waals surface area contributed by atoms with Gasteiger partial charge in [0.1, 0.15) is 5.58 Å². The first-order valence-electron chi connectivity index (χ1n) is 11.0. The number of hydrogen-bond donors (Lipinski definition) is 1. The minimum atomic E-state index is -0.343. The van der Waals surface area contributed by atoms with Gasteiger partial charge in [-0.15, -0.1) is 0 Å². The van der Waals surface area contributed by atoms with Gasteiger partial charge < -0.3 is 14.6 Å². The van der Waals surface area contributed by atoms with Crippen molar-refractivity contribution >= 4 is 22.6 Å². The third-order valence-corrected chi connectivity index (χ3v) is 6.17. The standard InChI is InChI=1S/C26H30N2O3/c1-16(2)21-14-22-20(13-25(29)31-24(22)12-17(21)3)15-27-23-8-7-19(11-18(23)4)26(30)28-9-5-6-10-28/h7-8,11-14,16,27H,5-6,9-10,15H2,1-4H3. The van der Waals surface area contributed by atoms with Gasteiger partial charge in [0, 0.05) is 42.3 Å². The Morgan fingerprint density at radius 3 is 2.48 bits per heavy atom. The third kappa shape index (κ3) is 4.36. The van der Waals surface area contributed by atoms with Crippen LogP contribution in [0.4, 0.5) is 5.69 Å². The highest BCUT2D eigenvalue weighted by Crippen LogP contribution is 2.28. The molecule has 0 atom stereocenters. The Labute approximate surface area is 183 Å². The van der Waals surface area contributed by atoms with E-state index < -0.39 is 0 Å². The molecule has 1 aromatic heterocycles. The third-order valence-electron chi connectivity index (χ3n) is 6.17. The summed E-state index contributed by atoms with van der Waals surface area (Å²) in [6.07, 6.45) is 2.17. The molecule has 0 bridgehead atoms. The molecule has 1 fully saturated rings. The molecule has 3 aromatic rings. The van der Waals surface area contributed by atoms with Gasteiger partial charge in [0.15, 0.2) is 0 Å². The largest absolute Gasteiger partial charge is 0.423 e. The van der Waals surface area contributed by atoms with Crippen LogP contribution in [0.2, 0.25) is 0 Å². The summed E-state index contributed by atoms with van der Waals surface area (Å²) < 4.78 is 5.46. The molecule has 5 nitrogen and oxygen atoms in total. The maximum atomic E-state index is 12.6. The number of fused-ring (bicyclic) bond motifs is 1. The van der Waals surface area contributed by atoms with Crippen molar-refractivity contribution in [2.24, 2.45) is 0 Å². The van der Waals surface area contributed by atoms with Crippen molar-refractivity contribution in [2.45, 2.75) is 53.0 Å². The van der Waals surface area contributed by atoms with Crippen LogP contribution in [0.5, 0.6) is 0 Å². The molecule has 1 N–H and O–H groups in total. The zero-order valence-corrected chi connectivity index (χ0v) is 18.7. The summed E-state index contributed by atoms with van der Waals surface area (Å²) in [5.41, 5.74) is 6.26. The average molecular weight is 419 g/mol.